The normalized spacial score (nSPS) is 17.0. The van der Waals surface area contributed by atoms with Crippen molar-refractivity contribution >= 4 is 40.3 Å². The number of benzene rings is 4. The lowest BCUT2D eigenvalue weighted by atomic mass is 9.81. The van der Waals surface area contributed by atoms with E-state index in [0.29, 0.717) is 0 Å². The van der Waals surface area contributed by atoms with Crippen LogP contribution in [0.1, 0.15) is 59.6 Å². The number of Topliss-reactive ketones (excluding diaryl/α,β-unsaturated/α-hetero) is 1. The molecule has 0 atom stereocenters. The molecule has 0 bridgehead atoms. The van der Waals surface area contributed by atoms with E-state index in [-0.39, 0.29) is 16.6 Å². The summed E-state index contributed by atoms with van der Waals surface area (Å²) in [7, 11) is 0. The maximum Gasteiger partial charge on any atom is 0.190 e. The lowest BCUT2D eigenvalue weighted by molar-refractivity contribution is 0.103. The summed E-state index contributed by atoms with van der Waals surface area (Å²) in [5, 5.41) is 0. The molecule has 0 fully saturated rings. The molecule has 7 rings (SSSR count). The van der Waals surface area contributed by atoms with E-state index in [2.05, 4.69) is 130 Å². The van der Waals surface area contributed by atoms with E-state index in [4.69, 9.17) is 0 Å². The molecule has 196 valence electrons. The van der Waals surface area contributed by atoms with Crippen LogP contribution in [0.25, 0.3) is 16.5 Å². The van der Waals surface area contributed by atoms with Gasteiger partial charge in [-0.3, -0.25) is 4.79 Å². The molecule has 0 radical (unpaired) electrons. The first-order valence-corrected chi connectivity index (χ1v) is 14.6. The molecular formula is C37H31NOS. The number of allylic oxidation sites excluding steroid dienone is 1. The van der Waals surface area contributed by atoms with Crippen LogP contribution >= 0.6 is 11.3 Å². The first kappa shape index (κ1) is 24.8. The molecular weight excluding hydrogens is 506 g/mol. The second-order valence-corrected chi connectivity index (χ2v) is 12.9. The fourth-order valence-corrected chi connectivity index (χ4v) is 7.77. The highest BCUT2D eigenvalue weighted by Gasteiger charge is 2.42. The second-order valence-electron chi connectivity index (χ2n) is 11.8. The van der Waals surface area contributed by atoms with Crippen molar-refractivity contribution in [1.29, 1.82) is 0 Å². The number of carbonyl (C=O) groups is 1. The molecule has 0 aliphatic heterocycles. The Morgan fingerprint density at radius 1 is 0.600 bits per heavy atom. The Bertz CT molecular complexity index is 1770. The summed E-state index contributed by atoms with van der Waals surface area (Å²) in [5.41, 5.74) is 9.78. The van der Waals surface area contributed by atoms with Gasteiger partial charge in [0.05, 0.1) is 0 Å². The number of thiophene rings is 1. The molecule has 0 unspecified atom stereocenters. The molecule has 40 heavy (non-hydrogen) atoms. The topological polar surface area (TPSA) is 20.3 Å². The Morgan fingerprint density at radius 2 is 1.23 bits per heavy atom. The summed E-state index contributed by atoms with van der Waals surface area (Å²) in [6, 6.07) is 38.3. The van der Waals surface area contributed by atoms with Crippen molar-refractivity contribution in [2.75, 3.05) is 4.90 Å². The summed E-state index contributed by atoms with van der Waals surface area (Å²) < 4.78 is 0. The minimum Gasteiger partial charge on any atom is -0.310 e. The van der Waals surface area contributed by atoms with Gasteiger partial charge in [0.2, 0.25) is 0 Å². The third-order valence-corrected chi connectivity index (χ3v) is 9.80. The molecule has 0 saturated heterocycles. The molecule has 4 aromatic carbocycles. The SMILES string of the molecule is CC1(C)/C(=C/c2cc3c(s2)-c2ccc(N(c4ccccc4)c4ccccc4)cc2C3(C)C)C(=O)c2ccccc21. The molecule has 5 aromatic rings. The van der Waals surface area contributed by atoms with Crippen LogP contribution in [-0.2, 0) is 10.8 Å². The van der Waals surface area contributed by atoms with Crippen LogP contribution in [0.5, 0.6) is 0 Å². The zero-order valence-corrected chi connectivity index (χ0v) is 24.0. The van der Waals surface area contributed by atoms with Gasteiger partial charge in [-0.05, 0) is 70.8 Å². The molecule has 0 amide bonds. The van der Waals surface area contributed by atoms with Crippen LogP contribution in [0, 0.1) is 0 Å². The third kappa shape index (κ3) is 3.65. The fraction of sp³-hybridized carbons (Fsp3) is 0.162. The number of rotatable bonds is 4. The summed E-state index contributed by atoms with van der Waals surface area (Å²) >= 11 is 1.80. The average molecular weight is 538 g/mol. The summed E-state index contributed by atoms with van der Waals surface area (Å²) in [6.07, 6.45) is 2.14. The third-order valence-electron chi connectivity index (χ3n) is 8.68. The van der Waals surface area contributed by atoms with E-state index >= 15 is 0 Å². The smallest absolute Gasteiger partial charge is 0.190 e. The molecule has 2 nitrogen and oxygen atoms in total. The highest BCUT2D eigenvalue weighted by atomic mass is 32.1. The van der Waals surface area contributed by atoms with Crippen LogP contribution in [0.3, 0.4) is 0 Å². The van der Waals surface area contributed by atoms with Crippen molar-refractivity contribution in [3.05, 3.63) is 142 Å². The molecule has 1 heterocycles. The Labute approximate surface area is 240 Å². The minimum atomic E-state index is -0.303. The van der Waals surface area contributed by atoms with Gasteiger partial charge < -0.3 is 4.90 Å². The number of ketones is 1. The van der Waals surface area contributed by atoms with Gasteiger partial charge in [0, 0.05) is 48.8 Å². The van der Waals surface area contributed by atoms with Crippen LogP contribution in [0.2, 0.25) is 0 Å². The quantitative estimate of drug-likeness (QED) is 0.213. The van der Waals surface area contributed by atoms with Gasteiger partial charge in [-0.15, -0.1) is 11.3 Å². The van der Waals surface area contributed by atoms with Gasteiger partial charge in [0.15, 0.2) is 5.78 Å². The molecule has 0 N–H and O–H groups in total. The highest BCUT2D eigenvalue weighted by Crippen LogP contribution is 2.54. The van der Waals surface area contributed by atoms with E-state index in [9.17, 15) is 4.79 Å². The molecule has 2 aliphatic rings. The fourth-order valence-electron chi connectivity index (χ4n) is 6.47. The number of hydrogen-bond acceptors (Lipinski definition) is 3. The van der Waals surface area contributed by atoms with Crippen molar-refractivity contribution in [1.82, 2.24) is 0 Å². The van der Waals surface area contributed by atoms with Crippen molar-refractivity contribution < 1.29 is 4.79 Å². The van der Waals surface area contributed by atoms with E-state index in [1.54, 1.807) is 11.3 Å². The Balaban J connectivity index is 1.31. The van der Waals surface area contributed by atoms with Gasteiger partial charge in [0.25, 0.3) is 0 Å². The van der Waals surface area contributed by atoms with Gasteiger partial charge in [-0.2, -0.15) is 0 Å². The van der Waals surface area contributed by atoms with Crippen molar-refractivity contribution in [2.24, 2.45) is 0 Å². The molecule has 0 saturated carbocycles. The second kappa shape index (κ2) is 8.90. The molecule has 0 spiro atoms. The van der Waals surface area contributed by atoms with E-state index in [1.165, 1.54) is 21.6 Å². The maximum absolute atomic E-state index is 13.4. The van der Waals surface area contributed by atoms with Crippen molar-refractivity contribution in [3.63, 3.8) is 0 Å². The highest BCUT2D eigenvalue weighted by molar-refractivity contribution is 7.16. The lowest BCUT2D eigenvalue weighted by Crippen LogP contribution is -2.17. The predicted octanol–water partition coefficient (Wildman–Crippen LogP) is 10.1. The predicted molar refractivity (Wildman–Crippen MR) is 168 cm³/mol. The van der Waals surface area contributed by atoms with Crippen LogP contribution in [-0.4, -0.2) is 5.78 Å². The zero-order valence-electron chi connectivity index (χ0n) is 23.2. The first-order chi connectivity index (χ1) is 19.3. The zero-order chi connectivity index (χ0) is 27.6. The van der Waals surface area contributed by atoms with Crippen LogP contribution in [0.4, 0.5) is 17.1 Å². The Hall–Kier alpha value is -4.21. The molecule has 3 heteroatoms. The largest absolute Gasteiger partial charge is 0.310 e. The lowest BCUT2D eigenvalue weighted by Gasteiger charge is -2.28. The summed E-state index contributed by atoms with van der Waals surface area (Å²) in [4.78, 5) is 18.2. The average Bonchev–Trinajstić information content (AvgIpc) is 3.55. The Kier molecular flexibility index (Phi) is 5.52. The van der Waals surface area contributed by atoms with Gasteiger partial charge in [-0.1, -0.05) is 94.4 Å². The van der Waals surface area contributed by atoms with Crippen LogP contribution < -0.4 is 4.90 Å². The number of fused-ring (bicyclic) bond motifs is 4. The van der Waals surface area contributed by atoms with Crippen molar-refractivity contribution in [3.8, 4) is 10.4 Å². The summed E-state index contributed by atoms with van der Waals surface area (Å²) in [5.74, 6) is 0.153. The number of carbonyl (C=O) groups excluding carboxylic acids is 1. The molecule has 2 aliphatic carbocycles. The van der Waals surface area contributed by atoms with E-state index in [0.717, 1.165) is 38.6 Å². The number of anilines is 3. The van der Waals surface area contributed by atoms with Crippen molar-refractivity contribution in [2.45, 2.75) is 38.5 Å². The van der Waals surface area contributed by atoms with Crippen LogP contribution in [0.15, 0.2) is 115 Å². The number of hydrogen-bond donors (Lipinski definition) is 0. The number of para-hydroxylation sites is 2. The van der Waals surface area contributed by atoms with Gasteiger partial charge >= 0.3 is 0 Å². The standard InChI is InChI=1S/C37H31NOS/c1-36(2)30-18-12-11-17-28(30)34(39)32(36)22-27-23-33-35(40-27)29-20-19-26(21-31(29)37(33,3)4)38(24-13-7-5-8-14-24)25-15-9-6-10-16-25/h5-23H,1-4H3/b32-22+. The maximum atomic E-state index is 13.4. The van der Waals surface area contributed by atoms with Gasteiger partial charge in [0.1, 0.15) is 0 Å². The van der Waals surface area contributed by atoms with E-state index < -0.39 is 0 Å². The summed E-state index contributed by atoms with van der Waals surface area (Å²) in [6.45, 7) is 8.97. The first-order valence-electron chi connectivity index (χ1n) is 13.8. The number of nitrogens with zero attached hydrogens (tertiary/aromatic N) is 1. The van der Waals surface area contributed by atoms with Gasteiger partial charge in [-0.25, -0.2) is 0 Å². The molecule has 1 aromatic heterocycles. The monoisotopic (exact) mass is 537 g/mol. The van der Waals surface area contributed by atoms with E-state index in [1.807, 2.05) is 18.2 Å². The minimum absolute atomic E-state index is 0.148. The Morgan fingerprint density at radius 3 is 1.88 bits per heavy atom.